The van der Waals surface area contributed by atoms with Crippen molar-refractivity contribution in [2.45, 2.75) is 18.7 Å². The molecule has 0 fully saturated rings. The first-order valence-electron chi connectivity index (χ1n) is 4.40. The second kappa shape index (κ2) is 4.91. The van der Waals surface area contributed by atoms with Crippen molar-refractivity contribution in [2.24, 2.45) is 10.9 Å². The SMILES string of the molecule is CCSc1ccc(/C(N)=N/O)cc1C. The van der Waals surface area contributed by atoms with Crippen LogP contribution in [0.5, 0.6) is 0 Å². The van der Waals surface area contributed by atoms with Crippen LogP contribution in [-0.4, -0.2) is 16.8 Å². The highest BCUT2D eigenvalue weighted by molar-refractivity contribution is 7.99. The van der Waals surface area contributed by atoms with Crippen LogP contribution < -0.4 is 5.73 Å². The van der Waals surface area contributed by atoms with Crippen LogP contribution in [0.15, 0.2) is 28.3 Å². The molecule has 0 radical (unpaired) electrons. The molecule has 0 aromatic heterocycles. The second-order valence-corrected chi connectivity index (χ2v) is 4.20. The molecule has 0 saturated heterocycles. The number of thioether (sulfide) groups is 1. The van der Waals surface area contributed by atoms with Crippen LogP contribution in [0.25, 0.3) is 0 Å². The van der Waals surface area contributed by atoms with Gasteiger partial charge in [0.25, 0.3) is 0 Å². The third kappa shape index (κ3) is 2.42. The molecule has 76 valence electrons. The molecule has 0 amide bonds. The summed E-state index contributed by atoms with van der Waals surface area (Å²) in [5.74, 6) is 1.20. The monoisotopic (exact) mass is 210 g/mol. The summed E-state index contributed by atoms with van der Waals surface area (Å²) in [4.78, 5) is 1.24. The van der Waals surface area contributed by atoms with Gasteiger partial charge in [-0.2, -0.15) is 0 Å². The number of hydrogen-bond acceptors (Lipinski definition) is 3. The maximum Gasteiger partial charge on any atom is 0.170 e. The average molecular weight is 210 g/mol. The quantitative estimate of drug-likeness (QED) is 0.264. The van der Waals surface area contributed by atoms with Gasteiger partial charge in [0.05, 0.1) is 0 Å². The van der Waals surface area contributed by atoms with E-state index in [0.717, 1.165) is 16.9 Å². The van der Waals surface area contributed by atoms with E-state index in [4.69, 9.17) is 10.9 Å². The van der Waals surface area contributed by atoms with Crippen molar-refractivity contribution in [3.05, 3.63) is 29.3 Å². The lowest BCUT2D eigenvalue weighted by Crippen LogP contribution is -2.13. The first-order valence-corrected chi connectivity index (χ1v) is 5.39. The maximum absolute atomic E-state index is 8.51. The molecule has 3 nitrogen and oxygen atoms in total. The zero-order valence-electron chi connectivity index (χ0n) is 8.32. The molecule has 0 saturated carbocycles. The standard InChI is InChI=1S/C10H14N2OS/c1-3-14-9-5-4-8(6-7(9)2)10(11)12-13/h4-6,13H,3H2,1-2H3,(H2,11,12). The first-order chi connectivity index (χ1) is 6.69. The minimum Gasteiger partial charge on any atom is -0.409 e. The zero-order valence-corrected chi connectivity index (χ0v) is 9.14. The largest absolute Gasteiger partial charge is 0.409 e. The van der Waals surface area contributed by atoms with E-state index in [2.05, 4.69) is 12.1 Å². The molecule has 14 heavy (non-hydrogen) atoms. The maximum atomic E-state index is 8.51. The fourth-order valence-corrected chi connectivity index (χ4v) is 1.95. The predicted molar refractivity (Wildman–Crippen MR) is 60.1 cm³/mol. The van der Waals surface area contributed by atoms with Crippen molar-refractivity contribution in [3.8, 4) is 0 Å². The number of nitrogens with zero attached hydrogens (tertiary/aromatic N) is 1. The van der Waals surface area contributed by atoms with E-state index in [1.807, 2.05) is 25.1 Å². The van der Waals surface area contributed by atoms with Crippen molar-refractivity contribution in [2.75, 3.05) is 5.75 Å². The molecule has 0 spiro atoms. The Hall–Kier alpha value is -1.16. The summed E-state index contributed by atoms with van der Waals surface area (Å²) in [5.41, 5.74) is 7.39. The molecule has 0 atom stereocenters. The Kier molecular flexibility index (Phi) is 3.83. The lowest BCUT2D eigenvalue weighted by atomic mass is 10.1. The second-order valence-electron chi connectivity index (χ2n) is 2.90. The van der Waals surface area contributed by atoms with Crippen LogP contribution in [0, 0.1) is 6.92 Å². The van der Waals surface area contributed by atoms with E-state index in [9.17, 15) is 0 Å². The lowest BCUT2D eigenvalue weighted by Gasteiger charge is -2.05. The predicted octanol–water partition coefficient (Wildman–Crippen LogP) is 2.20. The van der Waals surface area contributed by atoms with Gasteiger partial charge in [0.2, 0.25) is 0 Å². The normalized spacial score (nSPS) is 11.7. The van der Waals surface area contributed by atoms with Crippen LogP contribution >= 0.6 is 11.8 Å². The van der Waals surface area contributed by atoms with Gasteiger partial charge in [-0.3, -0.25) is 0 Å². The Labute approximate surface area is 88.0 Å². The van der Waals surface area contributed by atoms with Crippen molar-refractivity contribution in [1.29, 1.82) is 0 Å². The van der Waals surface area contributed by atoms with Crippen LogP contribution in [0.3, 0.4) is 0 Å². The highest BCUT2D eigenvalue weighted by Gasteiger charge is 2.02. The molecule has 0 unspecified atom stereocenters. The fourth-order valence-electron chi connectivity index (χ4n) is 1.18. The van der Waals surface area contributed by atoms with Crippen LogP contribution in [0.2, 0.25) is 0 Å². The van der Waals surface area contributed by atoms with Crippen molar-refractivity contribution in [1.82, 2.24) is 0 Å². The topological polar surface area (TPSA) is 58.6 Å². The van der Waals surface area contributed by atoms with Gasteiger partial charge in [-0.05, 0) is 30.4 Å². The Bertz CT molecular complexity index is 350. The molecule has 1 aromatic carbocycles. The van der Waals surface area contributed by atoms with Gasteiger partial charge >= 0.3 is 0 Å². The molecule has 1 rings (SSSR count). The summed E-state index contributed by atoms with van der Waals surface area (Å²) >= 11 is 1.79. The van der Waals surface area contributed by atoms with E-state index < -0.39 is 0 Å². The van der Waals surface area contributed by atoms with Gasteiger partial charge in [0, 0.05) is 10.5 Å². The Morgan fingerprint density at radius 3 is 2.79 bits per heavy atom. The van der Waals surface area contributed by atoms with E-state index in [1.165, 1.54) is 4.90 Å². The number of benzene rings is 1. The van der Waals surface area contributed by atoms with Gasteiger partial charge in [-0.15, -0.1) is 11.8 Å². The third-order valence-electron chi connectivity index (χ3n) is 1.88. The van der Waals surface area contributed by atoms with E-state index in [0.29, 0.717) is 0 Å². The number of rotatable bonds is 3. The fraction of sp³-hybridized carbons (Fsp3) is 0.300. The zero-order chi connectivity index (χ0) is 10.6. The van der Waals surface area contributed by atoms with Crippen molar-refractivity contribution >= 4 is 17.6 Å². The van der Waals surface area contributed by atoms with E-state index in [-0.39, 0.29) is 5.84 Å². The summed E-state index contributed by atoms with van der Waals surface area (Å²) < 4.78 is 0. The molecule has 0 aliphatic heterocycles. The summed E-state index contributed by atoms with van der Waals surface area (Å²) in [6, 6.07) is 5.78. The molecular weight excluding hydrogens is 196 g/mol. The Morgan fingerprint density at radius 2 is 2.29 bits per heavy atom. The Morgan fingerprint density at radius 1 is 1.57 bits per heavy atom. The summed E-state index contributed by atoms with van der Waals surface area (Å²) in [7, 11) is 0. The average Bonchev–Trinajstić information content (AvgIpc) is 2.20. The number of amidine groups is 1. The summed E-state index contributed by atoms with van der Waals surface area (Å²) in [6.07, 6.45) is 0. The van der Waals surface area contributed by atoms with Gasteiger partial charge < -0.3 is 10.9 Å². The highest BCUT2D eigenvalue weighted by atomic mass is 32.2. The summed E-state index contributed by atoms with van der Waals surface area (Å²) in [5, 5.41) is 11.5. The third-order valence-corrected chi connectivity index (χ3v) is 2.94. The van der Waals surface area contributed by atoms with Crippen LogP contribution in [-0.2, 0) is 0 Å². The molecule has 4 heteroatoms. The van der Waals surface area contributed by atoms with Crippen molar-refractivity contribution < 1.29 is 5.21 Å². The number of hydrogen-bond donors (Lipinski definition) is 2. The van der Waals surface area contributed by atoms with Crippen LogP contribution in [0.1, 0.15) is 18.1 Å². The van der Waals surface area contributed by atoms with Gasteiger partial charge in [-0.25, -0.2) is 0 Å². The number of nitrogens with two attached hydrogens (primary N) is 1. The highest BCUT2D eigenvalue weighted by Crippen LogP contribution is 2.22. The first kappa shape index (κ1) is 10.9. The molecule has 0 aliphatic rings. The van der Waals surface area contributed by atoms with Gasteiger partial charge in [0.1, 0.15) is 0 Å². The van der Waals surface area contributed by atoms with Crippen molar-refractivity contribution in [3.63, 3.8) is 0 Å². The lowest BCUT2D eigenvalue weighted by molar-refractivity contribution is 0.318. The minimum absolute atomic E-state index is 0.154. The van der Waals surface area contributed by atoms with Gasteiger partial charge in [-0.1, -0.05) is 18.1 Å². The van der Waals surface area contributed by atoms with E-state index >= 15 is 0 Å². The molecule has 0 heterocycles. The number of aryl methyl sites for hydroxylation is 1. The molecule has 3 N–H and O–H groups in total. The molecule has 0 aliphatic carbocycles. The van der Waals surface area contributed by atoms with Gasteiger partial charge in [0.15, 0.2) is 5.84 Å². The number of oxime groups is 1. The smallest absolute Gasteiger partial charge is 0.170 e. The molecule has 1 aromatic rings. The van der Waals surface area contributed by atoms with Crippen LogP contribution in [0.4, 0.5) is 0 Å². The molecule has 0 bridgehead atoms. The Balaban J connectivity index is 3.00. The summed E-state index contributed by atoms with van der Waals surface area (Å²) in [6.45, 7) is 4.13. The molecular formula is C10H14N2OS. The van der Waals surface area contributed by atoms with E-state index in [1.54, 1.807) is 11.8 Å². The minimum atomic E-state index is 0.154.